The lowest BCUT2D eigenvalue weighted by Crippen LogP contribution is -2.58. The van der Waals surface area contributed by atoms with Gasteiger partial charge in [0.05, 0.1) is 30.1 Å². The number of hydrogen-bond acceptors (Lipinski definition) is 7. The van der Waals surface area contributed by atoms with Crippen LogP contribution in [0.5, 0.6) is 0 Å². The minimum absolute atomic E-state index is 0.0921. The Bertz CT molecular complexity index is 771. The van der Waals surface area contributed by atoms with Crippen molar-refractivity contribution < 1.29 is 14.0 Å². The Labute approximate surface area is 169 Å². The first-order valence-corrected chi connectivity index (χ1v) is 10.1. The minimum Gasteiger partial charge on any atom is -0.343 e. The van der Waals surface area contributed by atoms with Gasteiger partial charge in [-0.15, -0.1) is 0 Å². The maximum absolute atomic E-state index is 13.6. The smallest absolute Gasteiger partial charge is 0.233 e. The predicted octanol–water partition coefficient (Wildman–Crippen LogP) is -0.265. The van der Waals surface area contributed by atoms with E-state index in [1.54, 1.807) is 24.3 Å². The summed E-state index contributed by atoms with van der Waals surface area (Å²) in [6, 6.07) is 1.93. The third-order valence-corrected chi connectivity index (χ3v) is 6.12. The quantitative estimate of drug-likeness (QED) is 0.547. The molecular weight excluding hydrogens is 377 g/mol. The van der Waals surface area contributed by atoms with E-state index in [0.29, 0.717) is 18.8 Å². The van der Waals surface area contributed by atoms with Crippen LogP contribution in [0.2, 0.25) is 0 Å². The molecule has 0 bridgehead atoms. The largest absolute Gasteiger partial charge is 0.343 e. The lowest BCUT2D eigenvalue weighted by molar-refractivity contribution is -0.129. The second-order valence-electron chi connectivity index (χ2n) is 8.02. The van der Waals surface area contributed by atoms with E-state index < -0.39 is 18.3 Å². The van der Waals surface area contributed by atoms with Crippen molar-refractivity contribution in [3.8, 4) is 0 Å². The van der Waals surface area contributed by atoms with E-state index in [1.165, 1.54) is 0 Å². The van der Waals surface area contributed by atoms with Gasteiger partial charge in [-0.1, -0.05) is 0 Å². The number of halogens is 1. The molecule has 3 aliphatic heterocycles. The fourth-order valence-electron chi connectivity index (χ4n) is 4.57. The third-order valence-electron chi connectivity index (χ3n) is 6.12. The van der Waals surface area contributed by atoms with E-state index in [9.17, 15) is 14.0 Å². The molecule has 0 aromatic carbocycles. The van der Waals surface area contributed by atoms with E-state index in [-0.39, 0.29) is 37.0 Å². The molecule has 3 fully saturated rings. The molecule has 0 radical (unpaired) electrons. The van der Waals surface area contributed by atoms with Crippen LogP contribution in [-0.4, -0.2) is 71.4 Å². The highest BCUT2D eigenvalue weighted by Gasteiger charge is 2.47. The highest BCUT2D eigenvalue weighted by Crippen LogP contribution is 2.33. The number of anilines is 1. The van der Waals surface area contributed by atoms with Crippen LogP contribution in [0, 0.1) is 5.92 Å². The van der Waals surface area contributed by atoms with Gasteiger partial charge in [-0.2, -0.15) is 0 Å². The Morgan fingerprint density at radius 2 is 2.10 bits per heavy atom. The zero-order valence-corrected chi connectivity index (χ0v) is 16.5. The van der Waals surface area contributed by atoms with Crippen molar-refractivity contribution in [2.45, 2.75) is 44.2 Å². The number of alkyl halides is 1. The maximum atomic E-state index is 13.6. The summed E-state index contributed by atoms with van der Waals surface area (Å²) in [6.07, 6.45) is 3.10. The molecule has 0 saturated carbocycles. The van der Waals surface area contributed by atoms with Gasteiger partial charge in [0.15, 0.2) is 0 Å². The topological polar surface area (TPSA) is 116 Å². The van der Waals surface area contributed by atoms with Crippen LogP contribution in [0.25, 0.3) is 0 Å². The molecule has 1 aromatic heterocycles. The fourth-order valence-corrected chi connectivity index (χ4v) is 4.57. The van der Waals surface area contributed by atoms with Crippen LogP contribution < -0.4 is 21.8 Å². The van der Waals surface area contributed by atoms with Crippen molar-refractivity contribution in [3.05, 3.63) is 24.0 Å². The monoisotopic (exact) mass is 405 g/mol. The Morgan fingerprint density at radius 1 is 1.34 bits per heavy atom. The van der Waals surface area contributed by atoms with E-state index in [4.69, 9.17) is 5.73 Å². The number of rotatable bonds is 3. The summed E-state index contributed by atoms with van der Waals surface area (Å²) in [6.45, 7) is 3.40. The molecule has 4 atom stereocenters. The molecule has 5 N–H and O–H groups in total. The normalized spacial score (nSPS) is 30.8. The van der Waals surface area contributed by atoms with Gasteiger partial charge in [0, 0.05) is 39.3 Å². The Balaban J connectivity index is 1.46. The van der Waals surface area contributed by atoms with E-state index in [0.717, 1.165) is 18.4 Å². The van der Waals surface area contributed by atoms with Gasteiger partial charge in [-0.3, -0.25) is 19.9 Å². The number of nitrogens with one attached hydrogen (secondary N) is 3. The first-order chi connectivity index (χ1) is 13.9. The Hall–Kier alpha value is -2.14. The molecule has 29 heavy (non-hydrogen) atoms. The number of nitrogens with zero attached hydrogens (tertiary/aromatic N) is 3. The summed E-state index contributed by atoms with van der Waals surface area (Å²) < 4.78 is 13.6. The number of hydrazine groups is 1. The molecule has 1 aromatic rings. The zero-order valence-electron chi connectivity index (χ0n) is 16.5. The van der Waals surface area contributed by atoms with E-state index >= 15 is 0 Å². The van der Waals surface area contributed by atoms with Crippen molar-refractivity contribution in [1.82, 2.24) is 25.6 Å². The number of piperidine rings is 1. The number of fused-ring (bicyclic) bond motifs is 1. The zero-order chi connectivity index (χ0) is 20.5. The van der Waals surface area contributed by atoms with Gasteiger partial charge in [-0.25, -0.2) is 14.8 Å². The lowest BCUT2D eigenvalue weighted by Gasteiger charge is -2.34. The first-order valence-electron chi connectivity index (χ1n) is 10.1. The van der Waals surface area contributed by atoms with Crippen molar-refractivity contribution in [2.24, 2.45) is 11.7 Å². The van der Waals surface area contributed by atoms with Crippen molar-refractivity contribution in [3.63, 3.8) is 0 Å². The van der Waals surface area contributed by atoms with Gasteiger partial charge in [0.1, 0.15) is 6.17 Å². The van der Waals surface area contributed by atoms with Gasteiger partial charge in [0.25, 0.3) is 0 Å². The van der Waals surface area contributed by atoms with Gasteiger partial charge < -0.3 is 16.0 Å². The number of hydrogen-bond donors (Lipinski definition) is 4. The number of nitrogens with two attached hydrogens (primary N) is 1. The highest BCUT2D eigenvalue weighted by molar-refractivity contribution is 5.94. The van der Waals surface area contributed by atoms with Crippen molar-refractivity contribution in [1.29, 1.82) is 0 Å². The molecule has 0 aliphatic carbocycles. The highest BCUT2D eigenvalue weighted by atomic mass is 19.1. The molecule has 4 rings (SSSR count). The molecule has 4 unspecified atom stereocenters. The van der Waals surface area contributed by atoms with Gasteiger partial charge in [0.2, 0.25) is 11.8 Å². The molecule has 9 nitrogen and oxygen atoms in total. The molecule has 3 aliphatic rings. The number of aromatic nitrogens is 1. The summed E-state index contributed by atoms with van der Waals surface area (Å²) >= 11 is 0. The number of likely N-dealkylation sites (tertiary alicyclic amines) is 1. The first kappa shape index (κ1) is 20.1. The number of carbonyl (C=O) groups excluding carboxylic acids is 2. The summed E-state index contributed by atoms with van der Waals surface area (Å²) in [4.78, 5) is 30.7. The molecule has 0 spiro atoms. The fraction of sp³-hybridized carbons (Fsp3) is 0.632. The average Bonchev–Trinajstić information content (AvgIpc) is 3.03. The summed E-state index contributed by atoms with van der Waals surface area (Å²) in [7, 11) is 0. The van der Waals surface area contributed by atoms with Crippen LogP contribution in [0.15, 0.2) is 18.5 Å². The van der Waals surface area contributed by atoms with Crippen LogP contribution >= 0.6 is 0 Å². The van der Waals surface area contributed by atoms with Crippen molar-refractivity contribution in [2.75, 3.05) is 31.5 Å². The molecule has 2 amide bonds. The van der Waals surface area contributed by atoms with E-state index in [1.807, 2.05) is 11.0 Å². The van der Waals surface area contributed by atoms with Gasteiger partial charge in [-0.05, 0) is 30.4 Å². The Morgan fingerprint density at radius 3 is 2.83 bits per heavy atom. The van der Waals surface area contributed by atoms with Crippen LogP contribution in [-0.2, 0) is 9.59 Å². The minimum atomic E-state index is -1.00. The number of pyridine rings is 1. The summed E-state index contributed by atoms with van der Waals surface area (Å²) in [5.41, 5.74) is 10.8. The number of amides is 2. The van der Waals surface area contributed by atoms with Crippen LogP contribution in [0.4, 0.5) is 10.1 Å². The third kappa shape index (κ3) is 4.11. The molecule has 4 heterocycles. The van der Waals surface area contributed by atoms with Gasteiger partial charge >= 0.3 is 0 Å². The van der Waals surface area contributed by atoms with Crippen LogP contribution in [0.3, 0.4) is 0 Å². The Kier molecular flexibility index (Phi) is 5.77. The molecule has 158 valence electrons. The lowest BCUT2D eigenvalue weighted by atomic mass is 9.88. The second kappa shape index (κ2) is 8.31. The molecule has 10 heteroatoms. The second-order valence-corrected chi connectivity index (χ2v) is 8.02. The summed E-state index contributed by atoms with van der Waals surface area (Å²) in [5.74, 6) is -0.446. The summed E-state index contributed by atoms with van der Waals surface area (Å²) in [5, 5.41) is 7.73. The average molecular weight is 405 g/mol. The van der Waals surface area contributed by atoms with Crippen LogP contribution in [0.1, 0.15) is 31.2 Å². The number of carbonyl (C=O) groups is 2. The standard InChI is InChI=1S/C19H28FN7O2/c1-11(28)26-6-3-12(4-7-26)14-2-5-22-9-15(14)24-19(29)16-17(21)25-27-10-13(20)8-23-18(16)27/h2,5,9,12-13,16-18,23,25H,3-4,6-8,10,21H2,1H3,(H,24,29). The SMILES string of the molecule is CC(=O)N1CCC(c2ccncc2NC(=O)C2C(N)NN3CC(F)CNC23)CC1. The predicted molar refractivity (Wildman–Crippen MR) is 105 cm³/mol. The maximum Gasteiger partial charge on any atom is 0.233 e. The molecular formula is C19H28FN7O2. The van der Waals surface area contributed by atoms with E-state index in [2.05, 4.69) is 21.0 Å². The molecule has 3 saturated heterocycles. The van der Waals surface area contributed by atoms with Crippen molar-refractivity contribution >= 4 is 17.5 Å².